The first-order chi connectivity index (χ1) is 10.8. The van der Waals surface area contributed by atoms with Crippen molar-refractivity contribution < 1.29 is 31.1 Å². The molecule has 10 heteroatoms. The number of benzene rings is 2. The van der Waals surface area contributed by atoms with E-state index in [4.69, 9.17) is 18.2 Å². The second-order valence-corrected chi connectivity index (χ2v) is 8.24. The van der Waals surface area contributed by atoms with Crippen molar-refractivity contribution in [3.05, 3.63) is 48.5 Å². The van der Waals surface area contributed by atoms with Crippen LogP contribution in [0.5, 0.6) is 11.5 Å². The Morgan fingerprint density at radius 2 is 1.09 bits per heavy atom. The minimum atomic E-state index is -3.49. The molecule has 2 rings (SSSR count). The summed E-state index contributed by atoms with van der Waals surface area (Å²) in [6.07, 6.45) is 0. The third-order valence-electron chi connectivity index (χ3n) is 2.59. The summed E-state index contributed by atoms with van der Waals surface area (Å²) in [5.41, 5.74) is 0. The van der Waals surface area contributed by atoms with Gasteiger partial charge in [-0.05, 0) is 48.5 Å². The van der Waals surface area contributed by atoms with Gasteiger partial charge < -0.3 is 18.2 Å². The molecule has 2 N–H and O–H groups in total. The Kier molecular flexibility index (Phi) is 5.72. The zero-order valence-corrected chi connectivity index (χ0v) is 14.3. The van der Waals surface area contributed by atoms with Crippen LogP contribution in [0.2, 0.25) is 0 Å². The van der Waals surface area contributed by atoms with Gasteiger partial charge in [0.2, 0.25) is 0 Å². The topological polar surface area (TPSA) is 110 Å². The minimum absolute atomic E-state index is 0.191. The Morgan fingerprint density at radius 3 is 1.35 bits per heavy atom. The highest BCUT2D eigenvalue weighted by Gasteiger charge is 2.20. The van der Waals surface area contributed by atoms with Gasteiger partial charge in [-0.2, -0.15) is 0 Å². The molecule has 2 aromatic carbocycles. The third-order valence-corrected chi connectivity index (χ3v) is 5.03. The highest BCUT2D eigenvalue weighted by atomic mass is 32.2. The molecule has 0 radical (unpaired) electrons. The second kappa shape index (κ2) is 7.37. The number of hydrogen-bond donors (Lipinski definition) is 2. The molecule has 0 spiro atoms. The van der Waals surface area contributed by atoms with Crippen LogP contribution in [0, 0.1) is 0 Å². The molecule has 2 unspecified atom stereocenters. The van der Waals surface area contributed by atoms with Gasteiger partial charge in [0.25, 0.3) is 0 Å². The molecular formula is C13H13O7PS2. The van der Waals surface area contributed by atoms with E-state index in [0.717, 1.165) is 0 Å². The molecule has 0 bridgehead atoms. The maximum atomic E-state index is 12.3. The zero-order valence-electron chi connectivity index (χ0n) is 11.8. The van der Waals surface area contributed by atoms with Crippen LogP contribution in [0.15, 0.2) is 58.3 Å². The van der Waals surface area contributed by atoms with Crippen molar-refractivity contribution in [1.29, 1.82) is 0 Å². The van der Waals surface area contributed by atoms with Crippen LogP contribution in [0.4, 0.5) is 0 Å². The van der Waals surface area contributed by atoms with Crippen LogP contribution >= 0.6 is 7.60 Å². The number of rotatable bonds is 6. The van der Waals surface area contributed by atoms with E-state index in [0.29, 0.717) is 0 Å². The monoisotopic (exact) mass is 376 g/mol. The summed E-state index contributed by atoms with van der Waals surface area (Å²) in [7, 11) is -3.49. The van der Waals surface area contributed by atoms with E-state index in [1.54, 1.807) is 0 Å². The van der Waals surface area contributed by atoms with Crippen molar-refractivity contribution in [3.63, 3.8) is 0 Å². The Bertz CT molecular complexity index is 710. The highest BCUT2D eigenvalue weighted by molar-refractivity contribution is 7.79. The van der Waals surface area contributed by atoms with Crippen molar-refractivity contribution in [2.24, 2.45) is 0 Å². The normalized spacial score (nSPS) is 16.1. The van der Waals surface area contributed by atoms with E-state index in [-0.39, 0.29) is 21.3 Å². The van der Waals surface area contributed by atoms with Gasteiger partial charge in [-0.15, -0.1) is 0 Å². The first-order valence-electron chi connectivity index (χ1n) is 6.15. The van der Waals surface area contributed by atoms with Gasteiger partial charge in [0, 0.05) is 0 Å². The summed E-state index contributed by atoms with van der Waals surface area (Å²) in [5.74, 6) is 0.441. The molecule has 0 aliphatic carbocycles. The Morgan fingerprint density at radius 1 is 0.783 bits per heavy atom. The average molecular weight is 376 g/mol. The first-order valence-corrected chi connectivity index (χ1v) is 10.4. The van der Waals surface area contributed by atoms with E-state index < -0.39 is 29.8 Å². The average Bonchev–Trinajstić information content (AvgIpc) is 2.47. The van der Waals surface area contributed by atoms with E-state index in [2.05, 4.69) is 0 Å². The summed E-state index contributed by atoms with van der Waals surface area (Å²) in [6, 6.07) is 11.1. The lowest BCUT2D eigenvalue weighted by atomic mass is 10.3. The van der Waals surface area contributed by atoms with Crippen molar-refractivity contribution in [3.8, 4) is 11.5 Å². The van der Waals surface area contributed by atoms with Gasteiger partial charge in [0.05, 0.1) is 16.5 Å². The lowest BCUT2D eigenvalue weighted by molar-refractivity contribution is 0.393. The van der Waals surface area contributed by atoms with E-state index in [1.165, 1.54) is 55.2 Å². The molecule has 0 amide bonds. The first kappa shape index (κ1) is 17.8. The van der Waals surface area contributed by atoms with Gasteiger partial charge in [-0.25, -0.2) is 13.0 Å². The van der Waals surface area contributed by atoms with Gasteiger partial charge in [0.1, 0.15) is 11.5 Å². The molecule has 0 aliphatic rings. The summed E-state index contributed by atoms with van der Waals surface area (Å²) in [6.45, 7) is 1.27. The SMILES string of the molecule is CP(=O)(Oc1ccc(S(=O)O)cc1)Oc1ccc(S(=O)O)cc1. The molecule has 0 saturated carbocycles. The quantitative estimate of drug-likeness (QED) is 0.589. The fraction of sp³-hybridized carbons (Fsp3) is 0.0769. The molecule has 2 aromatic rings. The van der Waals surface area contributed by atoms with Crippen LogP contribution in [-0.2, 0) is 26.7 Å². The van der Waals surface area contributed by atoms with Crippen molar-refractivity contribution in [2.45, 2.75) is 9.79 Å². The van der Waals surface area contributed by atoms with Crippen LogP contribution in [-0.4, -0.2) is 24.2 Å². The van der Waals surface area contributed by atoms with Crippen LogP contribution in [0.3, 0.4) is 0 Å². The van der Waals surface area contributed by atoms with E-state index >= 15 is 0 Å². The van der Waals surface area contributed by atoms with E-state index in [1.807, 2.05) is 0 Å². The van der Waals surface area contributed by atoms with Crippen molar-refractivity contribution >= 4 is 29.8 Å². The predicted molar refractivity (Wildman–Crippen MR) is 85.7 cm³/mol. The molecule has 23 heavy (non-hydrogen) atoms. The molecule has 0 saturated heterocycles. The third kappa shape index (κ3) is 5.26. The second-order valence-electron chi connectivity index (χ2n) is 4.40. The zero-order chi connectivity index (χ0) is 17.0. The molecule has 124 valence electrons. The fourth-order valence-corrected chi connectivity index (χ4v) is 3.42. The van der Waals surface area contributed by atoms with Crippen LogP contribution < -0.4 is 9.05 Å². The fourth-order valence-electron chi connectivity index (χ4n) is 1.64. The molecule has 0 aliphatic heterocycles. The Labute approximate surface area is 137 Å². The lowest BCUT2D eigenvalue weighted by Gasteiger charge is -2.16. The summed E-state index contributed by atoms with van der Waals surface area (Å²) in [4.78, 5) is 0.383. The van der Waals surface area contributed by atoms with Crippen LogP contribution in [0.25, 0.3) is 0 Å². The van der Waals surface area contributed by atoms with Gasteiger partial charge in [-0.1, -0.05) is 0 Å². The summed E-state index contributed by atoms with van der Waals surface area (Å²) < 4.78 is 62.4. The van der Waals surface area contributed by atoms with Gasteiger partial charge in [0.15, 0.2) is 22.2 Å². The summed E-state index contributed by atoms with van der Waals surface area (Å²) >= 11 is -4.20. The van der Waals surface area contributed by atoms with Gasteiger partial charge in [-0.3, -0.25) is 0 Å². The maximum Gasteiger partial charge on any atom is 0.427 e. The predicted octanol–water partition coefficient (Wildman–Crippen LogP) is 3.13. The number of hydrogen-bond acceptors (Lipinski definition) is 5. The Balaban J connectivity index is 2.07. The largest absolute Gasteiger partial charge is 0.427 e. The van der Waals surface area contributed by atoms with Crippen LogP contribution in [0.1, 0.15) is 0 Å². The molecule has 0 aromatic heterocycles. The highest BCUT2D eigenvalue weighted by Crippen LogP contribution is 2.44. The molecule has 7 nitrogen and oxygen atoms in total. The Hall–Kier alpha value is -1.51. The van der Waals surface area contributed by atoms with Crippen molar-refractivity contribution in [2.75, 3.05) is 6.66 Å². The maximum absolute atomic E-state index is 12.3. The molecule has 2 atom stereocenters. The molecule has 0 heterocycles. The molecule has 0 fully saturated rings. The van der Waals surface area contributed by atoms with Crippen molar-refractivity contribution in [1.82, 2.24) is 0 Å². The summed E-state index contributed by atoms with van der Waals surface area (Å²) in [5, 5.41) is 0. The molecular weight excluding hydrogens is 363 g/mol. The van der Waals surface area contributed by atoms with E-state index in [9.17, 15) is 13.0 Å². The van der Waals surface area contributed by atoms with Gasteiger partial charge >= 0.3 is 7.60 Å². The standard InChI is InChI=1S/C13H13O7PS2/c1-21(14,19-10-2-6-12(7-3-10)22(15)16)20-11-4-8-13(9-5-11)23(17)18/h2-9H,1H3,(H,15,16)(H,17,18). The lowest BCUT2D eigenvalue weighted by Crippen LogP contribution is -1.99. The minimum Gasteiger partial charge on any atom is -0.416 e. The smallest absolute Gasteiger partial charge is 0.416 e.